The average molecular weight is 259 g/mol. The van der Waals surface area contributed by atoms with E-state index in [1.54, 1.807) is 24.5 Å². The van der Waals surface area contributed by atoms with E-state index in [4.69, 9.17) is 16.2 Å². The zero-order chi connectivity index (χ0) is 13.7. The summed E-state index contributed by atoms with van der Waals surface area (Å²) in [5, 5.41) is 0. The molecule has 4 N–H and O–H groups in total. The van der Waals surface area contributed by atoms with Gasteiger partial charge in [0.05, 0.1) is 30.3 Å². The largest absolute Gasteiger partial charge is 0.476 e. The van der Waals surface area contributed by atoms with Crippen molar-refractivity contribution in [2.45, 2.75) is 0 Å². The van der Waals surface area contributed by atoms with Crippen molar-refractivity contribution >= 4 is 17.2 Å². The van der Waals surface area contributed by atoms with Crippen LogP contribution in [0.4, 0.5) is 17.2 Å². The van der Waals surface area contributed by atoms with Crippen molar-refractivity contribution in [3.8, 4) is 5.88 Å². The fourth-order valence-electron chi connectivity index (χ4n) is 1.50. The van der Waals surface area contributed by atoms with Crippen LogP contribution in [0.25, 0.3) is 0 Å². The van der Waals surface area contributed by atoms with Crippen molar-refractivity contribution < 1.29 is 4.74 Å². The molecule has 0 amide bonds. The fraction of sp³-hybridized carbons (Fsp3) is 0.231. The highest BCUT2D eigenvalue weighted by Gasteiger charge is 2.02. The first-order valence-electron chi connectivity index (χ1n) is 5.92. The number of nitrogen functional groups attached to an aromatic ring is 2. The summed E-state index contributed by atoms with van der Waals surface area (Å²) in [5.41, 5.74) is 12.4. The number of rotatable bonds is 5. The molecule has 0 aliphatic heterocycles. The van der Waals surface area contributed by atoms with Crippen molar-refractivity contribution in [2.75, 3.05) is 36.6 Å². The third kappa shape index (κ3) is 3.74. The monoisotopic (exact) mass is 259 g/mol. The summed E-state index contributed by atoms with van der Waals surface area (Å²) in [6, 6.07) is 7.20. The van der Waals surface area contributed by atoms with Crippen LogP contribution >= 0.6 is 0 Å². The molecule has 2 rings (SSSR count). The Hall–Kier alpha value is -2.50. The maximum absolute atomic E-state index is 5.59. The number of nitrogens with zero attached hydrogens (tertiary/aromatic N) is 3. The first kappa shape index (κ1) is 12.9. The lowest BCUT2D eigenvalue weighted by Crippen LogP contribution is -2.24. The fourth-order valence-corrected chi connectivity index (χ4v) is 1.50. The Morgan fingerprint density at radius 1 is 1.05 bits per heavy atom. The minimum Gasteiger partial charge on any atom is -0.476 e. The Morgan fingerprint density at radius 2 is 1.74 bits per heavy atom. The minimum absolute atomic E-state index is 0.513. The maximum Gasteiger partial charge on any atom is 0.213 e. The van der Waals surface area contributed by atoms with Gasteiger partial charge in [0.25, 0.3) is 0 Å². The van der Waals surface area contributed by atoms with Gasteiger partial charge in [-0.15, -0.1) is 0 Å². The summed E-state index contributed by atoms with van der Waals surface area (Å²) in [6.45, 7) is 1.21. The Labute approximate surface area is 112 Å². The topological polar surface area (TPSA) is 90.3 Å². The Morgan fingerprint density at radius 3 is 2.32 bits per heavy atom. The van der Waals surface area contributed by atoms with Crippen molar-refractivity contribution in [3.63, 3.8) is 0 Å². The third-order valence-electron chi connectivity index (χ3n) is 2.60. The highest BCUT2D eigenvalue weighted by atomic mass is 16.5. The minimum atomic E-state index is 0.513. The van der Waals surface area contributed by atoms with Gasteiger partial charge in [-0.1, -0.05) is 0 Å². The van der Waals surface area contributed by atoms with E-state index in [0.717, 1.165) is 5.82 Å². The van der Waals surface area contributed by atoms with Crippen LogP contribution in [0.15, 0.2) is 36.7 Å². The predicted molar refractivity (Wildman–Crippen MR) is 76.1 cm³/mol. The van der Waals surface area contributed by atoms with E-state index >= 15 is 0 Å². The second-order valence-electron chi connectivity index (χ2n) is 4.15. The van der Waals surface area contributed by atoms with E-state index in [9.17, 15) is 0 Å². The summed E-state index contributed by atoms with van der Waals surface area (Å²) in [5.74, 6) is 1.41. The molecule has 0 aromatic carbocycles. The molecule has 0 bridgehead atoms. The van der Waals surface area contributed by atoms with Crippen LogP contribution in [0.3, 0.4) is 0 Å². The molecule has 0 saturated heterocycles. The van der Waals surface area contributed by atoms with Gasteiger partial charge in [-0.05, 0) is 18.2 Å². The van der Waals surface area contributed by atoms with Gasteiger partial charge in [0.2, 0.25) is 5.88 Å². The zero-order valence-electron chi connectivity index (χ0n) is 10.8. The SMILES string of the molecule is CN(CCOc1ccc(N)cn1)c1ccc(N)cn1. The molecule has 0 saturated carbocycles. The van der Waals surface area contributed by atoms with Gasteiger partial charge >= 0.3 is 0 Å². The quantitative estimate of drug-likeness (QED) is 0.837. The lowest BCUT2D eigenvalue weighted by molar-refractivity contribution is 0.313. The van der Waals surface area contributed by atoms with E-state index in [1.807, 2.05) is 24.1 Å². The molecule has 0 atom stereocenters. The van der Waals surface area contributed by atoms with Crippen LogP contribution in [0.5, 0.6) is 5.88 Å². The van der Waals surface area contributed by atoms with E-state index in [2.05, 4.69) is 9.97 Å². The number of hydrogen-bond donors (Lipinski definition) is 2. The van der Waals surface area contributed by atoms with Gasteiger partial charge in [0.15, 0.2) is 0 Å². The molecule has 100 valence electrons. The molecule has 6 heteroatoms. The van der Waals surface area contributed by atoms with Crippen LogP contribution in [-0.4, -0.2) is 30.2 Å². The lowest BCUT2D eigenvalue weighted by atomic mass is 10.4. The second kappa shape index (κ2) is 5.90. The smallest absolute Gasteiger partial charge is 0.213 e. The van der Waals surface area contributed by atoms with Gasteiger partial charge in [-0.3, -0.25) is 0 Å². The molecule has 2 aromatic heterocycles. The molecular formula is C13H17N5O. The second-order valence-corrected chi connectivity index (χ2v) is 4.15. The Balaban J connectivity index is 1.82. The molecular weight excluding hydrogens is 242 g/mol. The standard InChI is InChI=1S/C13H17N5O/c1-18(12-4-2-10(14)8-16-12)6-7-19-13-5-3-11(15)9-17-13/h2-5,8-9H,6-7,14-15H2,1H3. The normalized spacial score (nSPS) is 10.2. The van der Waals surface area contributed by atoms with E-state index < -0.39 is 0 Å². The van der Waals surface area contributed by atoms with Gasteiger partial charge in [0.1, 0.15) is 12.4 Å². The molecule has 2 heterocycles. The molecule has 2 aromatic rings. The van der Waals surface area contributed by atoms with Crippen molar-refractivity contribution in [3.05, 3.63) is 36.7 Å². The molecule has 0 aliphatic rings. The van der Waals surface area contributed by atoms with Crippen molar-refractivity contribution in [1.29, 1.82) is 0 Å². The summed E-state index contributed by atoms with van der Waals surface area (Å²) < 4.78 is 5.52. The number of hydrogen-bond acceptors (Lipinski definition) is 6. The molecule has 6 nitrogen and oxygen atoms in total. The van der Waals surface area contributed by atoms with Gasteiger partial charge in [0, 0.05) is 13.1 Å². The van der Waals surface area contributed by atoms with Gasteiger partial charge in [-0.2, -0.15) is 0 Å². The van der Waals surface area contributed by atoms with Crippen LogP contribution in [-0.2, 0) is 0 Å². The number of anilines is 3. The van der Waals surface area contributed by atoms with Gasteiger partial charge in [-0.25, -0.2) is 9.97 Å². The Bertz CT molecular complexity index is 512. The van der Waals surface area contributed by atoms with Crippen molar-refractivity contribution in [2.24, 2.45) is 0 Å². The van der Waals surface area contributed by atoms with Gasteiger partial charge < -0.3 is 21.1 Å². The third-order valence-corrected chi connectivity index (χ3v) is 2.60. The van der Waals surface area contributed by atoms with E-state index in [-0.39, 0.29) is 0 Å². The predicted octanol–water partition coefficient (Wildman–Crippen LogP) is 1.16. The molecule has 0 unspecified atom stereocenters. The first-order valence-corrected chi connectivity index (χ1v) is 5.92. The Kier molecular flexibility index (Phi) is 4.02. The van der Waals surface area contributed by atoms with Crippen LogP contribution < -0.4 is 21.1 Å². The average Bonchev–Trinajstić information content (AvgIpc) is 2.41. The molecule has 0 radical (unpaired) electrons. The number of aromatic nitrogens is 2. The van der Waals surface area contributed by atoms with Crippen molar-refractivity contribution in [1.82, 2.24) is 9.97 Å². The highest BCUT2D eigenvalue weighted by molar-refractivity contribution is 5.45. The number of likely N-dealkylation sites (N-methyl/N-ethyl adjacent to an activating group) is 1. The highest BCUT2D eigenvalue weighted by Crippen LogP contribution is 2.11. The van der Waals surface area contributed by atoms with E-state index in [0.29, 0.717) is 30.4 Å². The van der Waals surface area contributed by atoms with Crippen LogP contribution in [0.2, 0.25) is 0 Å². The molecule has 19 heavy (non-hydrogen) atoms. The zero-order valence-corrected chi connectivity index (χ0v) is 10.8. The molecule has 0 spiro atoms. The maximum atomic E-state index is 5.59. The summed E-state index contributed by atoms with van der Waals surface area (Å²) >= 11 is 0. The summed E-state index contributed by atoms with van der Waals surface area (Å²) in [7, 11) is 1.94. The number of nitrogens with two attached hydrogens (primary N) is 2. The van der Waals surface area contributed by atoms with Crippen LogP contribution in [0, 0.1) is 0 Å². The number of pyridine rings is 2. The lowest BCUT2D eigenvalue weighted by Gasteiger charge is -2.18. The number of ether oxygens (including phenoxy) is 1. The van der Waals surface area contributed by atoms with E-state index in [1.165, 1.54) is 0 Å². The summed E-state index contributed by atoms with van der Waals surface area (Å²) in [4.78, 5) is 10.3. The summed E-state index contributed by atoms with van der Waals surface area (Å²) in [6.07, 6.45) is 3.20. The van der Waals surface area contributed by atoms with Crippen LogP contribution in [0.1, 0.15) is 0 Å². The first-order chi connectivity index (χ1) is 9.15. The molecule has 0 aliphatic carbocycles. The molecule has 0 fully saturated rings.